The highest BCUT2D eigenvalue weighted by Crippen LogP contribution is 1.91. The predicted molar refractivity (Wildman–Crippen MR) is 48.8 cm³/mol. The Morgan fingerprint density at radius 1 is 1.58 bits per heavy atom. The van der Waals surface area contributed by atoms with Crippen molar-refractivity contribution in [2.24, 2.45) is 0 Å². The van der Waals surface area contributed by atoms with E-state index < -0.39 is 16.1 Å². The van der Waals surface area contributed by atoms with Crippen LogP contribution in [0.2, 0.25) is 0 Å². The first-order valence-corrected chi connectivity index (χ1v) is 5.92. The summed E-state index contributed by atoms with van der Waals surface area (Å²) in [5.74, 6) is -0.0391. The Bertz CT molecular complexity index is 205. The molecule has 0 heterocycles. The van der Waals surface area contributed by atoms with Gasteiger partial charge >= 0.3 is 0 Å². The number of alkyl halides is 1. The van der Waals surface area contributed by atoms with Crippen molar-refractivity contribution in [3.8, 4) is 0 Å². The van der Waals surface area contributed by atoms with Crippen LogP contribution in [0.5, 0.6) is 0 Å². The molecule has 0 aliphatic rings. The van der Waals surface area contributed by atoms with Crippen LogP contribution in [0.3, 0.4) is 0 Å². The molecule has 0 saturated carbocycles. The highest BCUT2D eigenvalue weighted by Gasteiger charge is 2.10. The highest BCUT2D eigenvalue weighted by molar-refractivity contribution is 7.89. The molecule has 0 amide bonds. The number of nitrogens with one attached hydrogen (secondary N) is 1. The molecular formula is C6H14ClNO3S. The Balaban J connectivity index is 3.76. The fourth-order valence-corrected chi connectivity index (χ4v) is 1.94. The lowest BCUT2D eigenvalue weighted by Gasteiger charge is -2.08. The van der Waals surface area contributed by atoms with Crippen molar-refractivity contribution in [1.29, 1.82) is 0 Å². The first-order valence-electron chi connectivity index (χ1n) is 3.73. The first-order chi connectivity index (χ1) is 5.52. The second-order valence-electron chi connectivity index (χ2n) is 2.42. The first kappa shape index (κ1) is 12.2. The molecule has 0 fully saturated rings. The number of hydrogen-bond acceptors (Lipinski definition) is 3. The summed E-state index contributed by atoms with van der Waals surface area (Å²) in [6.07, 6.45) is -0.0845. The molecule has 2 N–H and O–H groups in total. The minimum Gasteiger partial charge on any atom is -0.392 e. The largest absolute Gasteiger partial charge is 0.392 e. The van der Waals surface area contributed by atoms with Crippen molar-refractivity contribution in [2.75, 3.05) is 18.2 Å². The van der Waals surface area contributed by atoms with Gasteiger partial charge in [0, 0.05) is 12.4 Å². The fourth-order valence-electron chi connectivity index (χ4n) is 0.541. The van der Waals surface area contributed by atoms with Gasteiger partial charge in [-0.1, -0.05) is 6.92 Å². The van der Waals surface area contributed by atoms with E-state index in [2.05, 4.69) is 4.72 Å². The Labute approximate surface area is 78.0 Å². The van der Waals surface area contributed by atoms with Crippen LogP contribution in [-0.2, 0) is 10.0 Å². The number of hydrogen-bond donors (Lipinski definition) is 2. The Kier molecular flexibility index (Phi) is 5.82. The van der Waals surface area contributed by atoms with Gasteiger partial charge in [0.05, 0.1) is 11.9 Å². The number of rotatable bonds is 6. The average Bonchev–Trinajstić information content (AvgIpc) is 2.00. The summed E-state index contributed by atoms with van der Waals surface area (Å²) in [7, 11) is -3.28. The van der Waals surface area contributed by atoms with E-state index in [0.717, 1.165) is 0 Å². The lowest BCUT2D eigenvalue weighted by molar-refractivity contribution is 0.174. The van der Waals surface area contributed by atoms with Crippen molar-refractivity contribution in [3.63, 3.8) is 0 Å². The molecule has 0 aromatic rings. The van der Waals surface area contributed by atoms with Crippen LogP contribution in [0.4, 0.5) is 0 Å². The standard InChI is InChI=1S/C6H14ClNO3S/c1-2-6(9)5-8-12(10,11)4-3-7/h6,8-9H,2-5H2,1H3. The third-order valence-corrected chi connectivity index (χ3v) is 3.12. The van der Waals surface area contributed by atoms with Gasteiger partial charge in [-0.3, -0.25) is 0 Å². The molecule has 4 nitrogen and oxygen atoms in total. The van der Waals surface area contributed by atoms with E-state index in [4.69, 9.17) is 16.7 Å². The summed E-state index contributed by atoms with van der Waals surface area (Å²) in [4.78, 5) is 0. The summed E-state index contributed by atoms with van der Waals surface area (Å²) >= 11 is 5.25. The Hall–Kier alpha value is 0.160. The van der Waals surface area contributed by atoms with E-state index in [1.165, 1.54) is 0 Å². The normalized spacial score (nSPS) is 14.6. The van der Waals surface area contributed by atoms with Crippen molar-refractivity contribution < 1.29 is 13.5 Å². The molecule has 6 heteroatoms. The molecule has 0 aliphatic heterocycles. The van der Waals surface area contributed by atoms with Gasteiger partial charge in [-0.15, -0.1) is 11.6 Å². The smallest absolute Gasteiger partial charge is 0.212 e. The molecule has 0 radical (unpaired) electrons. The molecule has 0 aromatic carbocycles. The second-order valence-corrected chi connectivity index (χ2v) is 4.72. The summed E-state index contributed by atoms with van der Waals surface area (Å²) in [6.45, 7) is 1.84. The van der Waals surface area contributed by atoms with Crippen LogP contribution >= 0.6 is 11.6 Å². The summed E-state index contributed by atoms with van der Waals surface area (Å²) in [5.41, 5.74) is 0. The van der Waals surface area contributed by atoms with Crippen molar-refractivity contribution in [3.05, 3.63) is 0 Å². The fraction of sp³-hybridized carbons (Fsp3) is 1.00. The molecule has 0 aromatic heterocycles. The maximum atomic E-state index is 10.9. The topological polar surface area (TPSA) is 66.4 Å². The molecule has 0 aliphatic carbocycles. The maximum absolute atomic E-state index is 10.9. The molecule has 0 saturated heterocycles. The van der Waals surface area contributed by atoms with Crippen LogP contribution < -0.4 is 4.72 Å². The summed E-state index contributed by atoms with van der Waals surface area (Å²) in [5, 5.41) is 9.03. The quantitative estimate of drug-likeness (QED) is 0.609. The van der Waals surface area contributed by atoms with E-state index in [-0.39, 0.29) is 18.2 Å². The van der Waals surface area contributed by atoms with E-state index in [1.807, 2.05) is 0 Å². The van der Waals surface area contributed by atoms with Crippen molar-refractivity contribution in [1.82, 2.24) is 4.72 Å². The zero-order valence-electron chi connectivity index (χ0n) is 6.96. The van der Waals surface area contributed by atoms with Crippen LogP contribution in [-0.4, -0.2) is 37.8 Å². The molecule has 74 valence electrons. The van der Waals surface area contributed by atoms with Gasteiger partial charge in [-0.05, 0) is 6.42 Å². The lowest BCUT2D eigenvalue weighted by Crippen LogP contribution is -2.33. The third kappa shape index (κ3) is 5.77. The number of aliphatic hydroxyl groups excluding tert-OH is 1. The monoisotopic (exact) mass is 215 g/mol. The molecular weight excluding hydrogens is 202 g/mol. The molecule has 1 atom stereocenters. The van der Waals surface area contributed by atoms with E-state index >= 15 is 0 Å². The SMILES string of the molecule is CCC(O)CNS(=O)(=O)CCCl. The van der Waals surface area contributed by atoms with Crippen LogP contribution in [0, 0.1) is 0 Å². The van der Waals surface area contributed by atoms with Crippen LogP contribution in [0.1, 0.15) is 13.3 Å². The lowest BCUT2D eigenvalue weighted by atomic mass is 10.3. The minimum atomic E-state index is -3.28. The van der Waals surface area contributed by atoms with E-state index in [1.54, 1.807) is 6.92 Å². The summed E-state index contributed by atoms with van der Waals surface area (Å²) < 4.78 is 24.1. The second kappa shape index (κ2) is 5.75. The zero-order chi connectivity index (χ0) is 9.61. The average molecular weight is 216 g/mol. The molecule has 12 heavy (non-hydrogen) atoms. The maximum Gasteiger partial charge on any atom is 0.212 e. The van der Waals surface area contributed by atoms with Crippen molar-refractivity contribution >= 4 is 21.6 Å². The number of sulfonamides is 1. The molecule has 0 bridgehead atoms. The van der Waals surface area contributed by atoms with Crippen LogP contribution in [0.15, 0.2) is 0 Å². The van der Waals surface area contributed by atoms with Gasteiger partial charge in [0.1, 0.15) is 0 Å². The number of aliphatic hydroxyl groups is 1. The van der Waals surface area contributed by atoms with Gasteiger partial charge in [-0.25, -0.2) is 13.1 Å². The van der Waals surface area contributed by atoms with Gasteiger partial charge < -0.3 is 5.11 Å². The van der Waals surface area contributed by atoms with E-state index in [0.29, 0.717) is 6.42 Å². The molecule has 0 rings (SSSR count). The van der Waals surface area contributed by atoms with Crippen LogP contribution in [0.25, 0.3) is 0 Å². The predicted octanol–water partition coefficient (Wildman–Crippen LogP) is -0.0845. The number of halogens is 1. The Morgan fingerprint density at radius 3 is 2.58 bits per heavy atom. The third-order valence-electron chi connectivity index (χ3n) is 1.36. The van der Waals surface area contributed by atoms with Crippen molar-refractivity contribution in [2.45, 2.75) is 19.4 Å². The molecule has 0 spiro atoms. The zero-order valence-corrected chi connectivity index (χ0v) is 8.53. The van der Waals surface area contributed by atoms with Gasteiger partial charge in [0.15, 0.2) is 0 Å². The molecule has 1 unspecified atom stereocenters. The minimum absolute atomic E-state index is 0.0652. The van der Waals surface area contributed by atoms with Gasteiger partial charge in [0.25, 0.3) is 0 Å². The highest BCUT2D eigenvalue weighted by atomic mass is 35.5. The Morgan fingerprint density at radius 2 is 2.17 bits per heavy atom. The van der Waals surface area contributed by atoms with E-state index in [9.17, 15) is 8.42 Å². The van der Waals surface area contributed by atoms with Gasteiger partial charge in [0.2, 0.25) is 10.0 Å². The summed E-state index contributed by atoms with van der Waals surface area (Å²) in [6, 6.07) is 0. The van der Waals surface area contributed by atoms with Gasteiger partial charge in [-0.2, -0.15) is 0 Å².